The highest BCUT2D eigenvalue weighted by Crippen LogP contribution is 0.984. The van der Waals surface area contributed by atoms with Crippen LogP contribution in [0.2, 0.25) is 0 Å². The predicted octanol–water partition coefficient (Wildman–Crippen LogP) is -6.36. The summed E-state index contributed by atoms with van der Waals surface area (Å²) in [6, 6.07) is 0. The summed E-state index contributed by atoms with van der Waals surface area (Å²) in [7, 11) is 0. The summed E-state index contributed by atoms with van der Waals surface area (Å²) in [6.07, 6.45) is 0. The average molecular weight is 304 g/mol. The molecule has 19 heavy (non-hydrogen) atoms. The van der Waals surface area contributed by atoms with Crippen LogP contribution in [-0.4, -0.2) is 5.21 Å². The second kappa shape index (κ2) is 78900. The van der Waals surface area contributed by atoms with E-state index in [9.17, 15) is 0 Å². The van der Waals surface area contributed by atoms with E-state index in [0.717, 1.165) is 0 Å². The molecule has 18 N–H and O–H groups in total. The van der Waals surface area contributed by atoms with Gasteiger partial charge in [-0.3, -0.25) is 5.21 Å². The summed E-state index contributed by atoms with van der Waals surface area (Å²) in [6.45, 7) is 0. The Morgan fingerprint density at radius 1 is 0.421 bits per heavy atom. The highest BCUT2D eigenvalue weighted by molar-refractivity contribution is 3.05. The second-order valence-corrected chi connectivity index (χ2v) is 0.0913. The monoisotopic (exact) mass is 304 g/mol. The van der Waals surface area contributed by atoms with Crippen LogP contribution in [0.4, 0.5) is 0 Å². The van der Waals surface area contributed by atoms with Gasteiger partial charge in [-0.15, -0.1) is 41.7 Å². The van der Waals surface area contributed by atoms with E-state index in [1.165, 1.54) is 0 Å². The van der Waals surface area contributed by atoms with Gasteiger partial charge in [-0.25, -0.2) is 0 Å². The molecule has 0 aliphatic heterocycles. The third kappa shape index (κ3) is 6930. The van der Waals surface area contributed by atoms with Crippen molar-refractivity contribution in [2.24, 2.45) is 47.2 Å². The van der Waals surface area contributed by atoms with Crippen molar-refractivity contribution in [2.45, 2.75) is 0 Å². The maximum absolute atomic E-state index is 8.24. The van der Waals surface area contributed by atoms with Crippen LogP contribution >= 0.6 is 0 Å². The summed E-state index contributed by atoms with van der Waals surface area (Å²) < 4.78 is 0. The largest absolute Gasteiger partial charge is 0.290 e. The Bertz CT molecular complexity index is 19.0. The first-order valence-electron chi connectivity index (χ1n) is 2.31. The van der Waals surface area contributed by atoms with Crippen molar-refractivity contribution in [3.63, 3.8) is 0 Å². The van der Waals surface area contributed by atoms with Crippen LogP contribution in [0.5, 0.6) is 0 Å². The minimum Gasteiger partial charge on any atom is -0.290 e. The molecule has 0 aromatic rings. The van der Waals surface area contributed by atoms with E-state index in [0.29, 0.717) is 5.64 Å². The summed E-state index contributed by atoms with van der Waals surface area (Å²) in [5.74, 6) is 26.0. The van der Waals surface area contributed by atoms with E-state index < -0.39 is 0 Å². The standard InChI is InChI=1S/H2NO2.8H2NO/c2-1-3;8*1-2/h1-2H;8*1H2. The molecule has 0 spiro atoms. The van der Waals surface area contributed by atoms with Crippen molar-refractivity contribution < 1.29 is 52.1 Å². The quantitative estimate of drug-likeness (QED) is 0.188. The molecule has 0 aliphatic carbocycles. The van der Waals surface area contributed by atoms with Crippen molar-refractivity contribution >= 4 is 0 Å². The van der Waals surface area contributed by atoms with Crippen LogP contribution in [-0.2, 0) is 46.9 Å². The molecule has 0 aliphatic rings. The third-order valence-electron chi connectivity index (χ3n) is 0. The van der Waals surface area contributed by atoms with Gasteiger partial charge in [0.05, 0.1) is 0 Å². The molecule has 0 bridgehead atoms. The van der Waals surface area contributed by atoms with Crippen molar-refractivity contribution in [1.29, 1.82) is 0 Å². The topological polar surface area (TPSA) is 420 Å². The van der Waals surface area contributed by atoms with Crippen LogP contribution in [0.3, 0.4) is 0 Å². The lowest BCUT2D eigenvalue weighted by Crippen LogP contribution is -1.89. The molecule has 19 nitrogen and oxygen atoms in total. The average Bonchev–Trinajstić information content (AvgIpc) is 2.62. The molecular weight excluding hydrogens is 286 g/mol. The summed E-state index contributed by atoms with van der Waals surface area (Å²) in [4.78, 5) is 0. The number of nitrogens with two attached hydrogens (primary N) is 8. The Morgan fingerprint density at radius 3 is 0.421 bits per heavy atom. The molecule has 123 valence electrons. The zero-order valence-electron chi connectivity index (χ0n) is 9.24. The van der Waals surface area contributed by atoms with E-state index in [2.05, 4.69) is 47.2 Å². The number of nitrogens with one attached hydrogen (secondary N) is 1. The van der Waals surface area contributed by atoms with Gasteiger partial charge in [0.2, 0.25) is 0 Å². The van der Waals surface area contributed by atoms with Crippen LogP contribution in [0.25, 0.3) is 0 Å². The summed E-state index contributed by atoms with van der Waals surface area (Å²) in [5, 5.41) is 77.0. The summed E-state index contributed by atoms with van der Waals surface area (Å²) >= 11 is 0. The highest BCUT2D eigenvalue weighted by atomic mass is 16.7. The number of hydrogen-bond donors (Lipinski definition) is 10. The van der Waals surface area contributed by atoms with Gasteiger partial charge in [-0.05, 0) is 5.64 Å². The van der Waals surface area contributed by atoms with Gasteiger partial charge in [0.15, 0.2) is 0 Å². The fourth-order valence-corrected chi connectivity index (χ4v) is 0. The Hall–Kier alpha value is -0.760. The Morgan fingerprint density at radius 2 is 0.421 bits per heavy atom. The minimum absolute atomic E-state index is 0.500. The molecule has 0 saturated heterocycles. The van der Waals surface area contributed by atoms with Gasteiger partial charge in [-0.1, -0.05) is 5.21 Å². The van der Waals surface area contributed by atoms with Crippen LogP contribution in [0, 0.1) is 0 Å². The van der Waals surface area contributed by atoms with Gasteiger partial charge in [0.1, 0.15) is 0 Å². The highest BCUT2D eigenvalue weighted by Gasteiger charge is 1.30. The first-order chi connectivity index (χ1) is 9.41. The fourth-order valence-electron chi connectivity index (χ4n) is 0. The molecule has 0 amide bonds. The Balaban J connectivity index is -0.00000000851. The zero-order chi connectivity index (χ0) is 18.7. The first kappa shape index (κ1) is 63.5. The lowest BCUT2D eigenvalue weighted by Gasteiger charge is -1.54. The van der Waals surface area contributed by atoms with E-state index >= 15 is 0 Å². The molecule has 0 rings (SSSR count). The second-order valence-electron chi connectivity index (χ2n) is 0.0913. The SMILES string of the molecule is N[O].N[O].N[O].N[O].N[O].N[O].N[O].N[O].[O]NO. The zero-order valence-corrected chi connectivity index (χ0v) is 9.24. The maximum atomic E-state index is 8.24. The molecule has 9 radical (unpaired) electrons. The van der Waals surface area contributed by atoms with Gasteiger partial charge < -0.3 is 0 Å². The van der Waals surface area contributed by atoms with E-state index in [1.807, 2.05) is 0 Å². The number of rotatable bonds is 0. The van der Waals surface area contributed by atoms with Crippen LogP contribution in [0.15, 0.2) is 0 Å². The van der Waals surface area contributed by atoms with Gasteiger partial charge in [-0.2, -0.15) is 47.2 Å². The molecule has 0 saturated carbocycles. The smallest absolute Gasteiger partial charge is 0.0472 e. The molecule has 0 atom stereocenters. The minimum atomic E-state index is 0.500. The van der Waals surface area contributed by atoms with Crippen molar-refractivity contribution in [3.8, 4) is 0 Å². The number of hydrogen-bond acceptors (Lipinski definition) is 10. The molecule has 19 heteroatoms. The molecule has 0 aromatic carbocycles. The summed E-state index contributed by atoms with van der Waals surface area (Å²) in [5.41, 5.74) is 0.500. The molecular formula is H18N9O10. The van der Waals surface area contributed by atoms with Crippen molar-refractivity contribution in [2.75, 3.05) is 0 Å². The Labute approximate surface area is 106 Å². The van der Waals surface area contributed by atoms with E-state index in [1.54, 1.807) is 0 Å². The lowest BCUT2D eigenvalue weighted by atomic mass is 13.3. The van der Waals surface area contributed by atoms with E-state index in [-0.39, 0.29) is 0 Å². The predicted molar refractivity (Wildman–Crippen MR) is 44.6 cm³/mol. The normalized spacial score (nSPS) is 3.47. The Kier molecular flexibility index (Phi) is 264000. The van der Waals surface area contributed by atoms with Crippen molar-refractivity contribution in [1.82, 2.24) is 5.64 Å². The van der Waals surface area contributed by atoms with Gasteiger partial charge >= 0.3 is 0 Å². The third-order valence-corrected chi connectivity index (χ3v) is 0. The first-order valence-corrected chi connectivity index (χ1v) is 2.31. The molecule has 0 heterocycles. The van der Waals surface area contributed by atoms with Crippen molar-refractivity contribution in [3.05, 3.63) is 0 Å². The molecule has 0 fully saturated rings. The van der Waals surface area contributed by atoms with Gasteiger partial charge in [0.25, 0.3) is 0 Å². The van der Waals surface area contributed by atoms with Gasteiger partial charge in [0, 0.05) is 0 Å². The fraction of sp³-hybridized carbons (Fsp3) is 0. The van der Waals surface area contributed by atoms with Crippen LogP contribution < -0.4 is 52.8 Å². The maximum Gasteiger partial charge on any atom is -0.0472 e. The molecule has 0 unspecified atom stereocenters. The van der Waals surface area contributed by atoms with E-state index in [4.69, 9.17) is 52.1 Å². The lowest BCUT2D eigenvalue weighted by molar-refractivity contribution is -0.121. The molecule has 0 aromatic heterocycles. The van der Waals surface area contributed by atoms with Crippen LogP contribution in [0.1, 0.15) is 0 Å².